The van der Waals surface area contributed by atoms with Gasteiger partial charge in [0.15, 0.2) is 0 Å². The molecular weight excluding hydrogens is 356 g/mol. The smallest absolute Gasteiger partial charge is 0.262 e. The van der Waals surface area contributed by atoms with Gasteiger partial charge in [0.2, 0.25) is 0 Å². The molecule has 0 aliphatic carbocycles. The minimum Gasteiger partial charge on any atom is -0.350 e. The van der Waals surface area contributed by atoms with Crippen LogP contribution >= 0.6 is 23.4 Å². The van der Waals surface area contributed by atoms with Crippen LogP contribution in [-0.2, 0) is 4.79 Å². The van der Waals surface area contributed by atoms with Gasteiger partial charge in [-0.1, -0.05) is 41.6 Å². The van der Waals surface area contributed by atoms with Crippen molar-refractivity contribution in [1.29, 1.82) is 0 Å². The van der Waals surface area contributed by atoms with E-state index < -0.39 is 0 Å². The molecule has 0 saturated carbocycles. The molecule has 4 nitrogen and oxygen atoms in total. The Hall–Kier alpha value is -2.24. The second-order valence-electron chi connectivity index (χ2n) is 5.93. The van der Waals surface area contributed by atoms with E-state index in [1.54, 1.807) is 24.3 Å². The number of fused-ring (bicyclic) bond motifs is 1. The van der Waals surface area contributed by atoms with Crippen molar-refractivity contribution in [2.75, 3.05) is 5.32 Å². The molecular formula is C19H17ClN2O2S. The highest BCUT2D eigenvalue weighted by Crippen LogP contribution is 2.39. The molecule has 2 aromatic carbocycles. The lowest BCUT2D eigenvalue weighted by Gasteiger charge is -2.19. The highest BCUT2D eigenvalue weighted by atomic mass is 35.5. The average Bonchev–Trinajstić information content (AvgIpc) is 2.56. The van der Waals surface area contributed by atoms with Crippen molar-refractivity contribution in [3.8, 4) is 0 Å². The molecule has 0 bridgehead atoms. The molecule has 2 amide bonds. The fourth-order valence-corrected chi connectivity index (χ4v) is 3.49. The summed E-state index contributed by atoms with van der Waals surface area (Å²) in [6, 6.07) is 12.7. The van der Waals surface area contributed by atoms with Gasteiger partial charge in [-0.05, 0) is 49.8 Å². The summed E-state index contributed by atoms with van der Waals surface area (Å²) in [7, 11) is 0. The van der Waals surface area contributed by atoms with Crippen molar-refractivity contribution in [3.05, 3.63) is 63.5 Å². The Morgan fingerprint density at radius 1 is 1.24 bits per heavy atom. The molecule has 6 heteroatoms. The fourth-order valence-electron chi connectivity index (χ4n) is 2.38. The zero-order valence-corrected chi connectivity index (χ0v) is 15.4. The molecule has 3 rings (SSSR count). The van der Waals surface area contributed by atoms with Gasteiger partial charge in [0.25, 0.3) is 11.8 Å². The molecule has 0 fully saturated rings. The number of rotatable bonds is 3. The summed E-state index contributed by atoms with van der Waals surface area (Å²) in [5.74, 6) is -0.367. The van der Waals surface area contributed by atoms with Crippen LogP contribution in [0.4, 0.5) is 5.69 Å². The number of hydrogen-bond donors (Lipinski definition) is 2. The predicted octanol–water partition coefficient (Wildman–Crippen LogP) is 4.56. The maximum atomic E-state index is 12.4. The average molecular weight is 373 g/mol. The highest BCUT2D eigenvalue weighted by molar-refractivity contribution is 8.04. The summed E-state index contributed by atoms with van der Waals surface area (Å²) in [5.41, 5.74) is 1.95. The molecule has 2 aromatic rings. The van der Waals surface area contributed by atoms with Gasteiger partial charge in [0.1, 0.15) is 0 Å². The van der Waals surface area contributed by atoms with E-state index in [-0.39, 0.29) is 17.9 Å². The summed E-state index contributed by atoms with van der Waals surface area (Å²) in [6.45, 7) is 3.80. The lowest BCUT2D eigenvalue weighted by molar-refractivity contribution is -0.112. The second-order valence-corrected chi connectivity index (χ2v) is 7.42. The quantitative estimate of drug-likeness (QED) is 0.776. The third-order valence-electron chi connectivity index (χ3n) is 3.55. The van der Waals surface area contributed by atoms with Crippen molar-refractivity contribution in [1.82, 2.24) is 5.32 Å². The molecule has 2 N–H and O–H groups in total. The number of amides is 2. The van der Waals surface area contributed by atoms with Crippen LogP contribution in [0.2, 0.25) is 5.02 Å². The minimum atomic E-state index is -0.209. The van der Waals surface area contributed by atoms with Crippen molar-refractivity contribution in [3.63, 3.8) is 0 Å². The van der Waals surface area contributed by atoms with Crippen LogP contribution in [0.15, 0.2) is 52.3 Å². The number of benzene rings is 2. The van der Waals surface area contributed by atoms with Gasteiger partial charge in [-0.3, -0.25) is 9.59 Å². The summed E-state index contributed by atoms with van der Waals surface area (Å²) < 4.78 is 0. The molecule has 1 aliphatic heterocycles. The van der Waals surface area contributed by atoms with E-state index in [2.05, 4.69) is 10.6 Å². The molecule has 0 saturated heterocycles. The van der Waals surface area contributed by atoms with Crippen molar-refractivity contribution >= 4 is 46.9 Å². The number of nitrogens with one attached hydrogen (secondary N) is 2. The highest BCUT2D eigenvalue weighted by Gasteiger charge is 2.22. The van der Waals surface area contributed by atoms with E-state index in [0.717, 1.165) is 10.5 Å². The van der Waals surface area contributed by atoms with Crippen molar-refractivity contribution in [2.24, 2.45) is 0 Å². The summed E-state index contributed by atoms with van der Waals surface area (Å²) in [4.78, 5) is 25.9. The van der Waals surface area contributed by atoms with Crippen LogP contribution in [0.25, 0.3) is 6.08 Å². The Kier molecular flexibility index (Phi) is 5.16. The van der Waals surface area contributed by atoms with Crippen LogP contribution in [0.1, 0.15) is 29.8 Å². The number of halogens is 1. The van der Waals surface area contributed by atoms with Gasteiger partial charge in [0.05, 0.1) is 10.6 Å². The fraction of sp³-hybridized carbons (Fsp3) is 0.158. The van der Waals surface area contributed by atoms with Crippen LogP contribution in [0.5, 0.6) is 0 Å². The molecule has 25 heavy (non-hydrogen) atoms. The largest absolute Gasteiger partial charge is 0.350 e. The zero-order chi connectivity index (χ0) is 18.0. The molecule has 0 radical (unpaired) electrons. The first-order chi connectivity index (χ1) is 11.9. The monoisotopic (exact) mass is 372 g/mol. The number of hydrogen-bond acceptors (Lipinski definition) is 3. The van der Waals surface area contributed by atoms with E-state index in [1.165, 1.54) is 11.8 Å². The van der Waals surface area contributed by atoms with Crippen molar-refractivity contribution < 1.29 is 9.59 Å². The molecule has 0 aromatic heterocycles. The van der Waals surface area contributed by atoms with Gasteiger partial charge in [-0.25, -0.2) is 0 Å². The first kappa shape index (κ1) is 17.6. The van der Waals surface area contributed by atoms with Crippen LogP contribution in [0.3, 0.4) is 0 Å². The normalized spacial score (nSPS) is 15.0. The Morgan fingerprint density at radius 3 is 2.72 bits per heavy atom. The van der Waals surface area contributed by atoms with Gasteiger partial charge in [0, 0.05) is 21.5 Å². The molecule has 0 unspecified atom stereocenters. The summed E-state index contributed by atoms with van der Waals surface area (Å²) >= 11 is 7.52. The maximum absolute atomic E-state index is 12.4. The Morgan fingerprint density at radius 2 is 2.00 bits per heavy atom. The third kappa shape index (κ3) is 4.06. The predicted molar refractivity (Wildman–Crippen MR) is 103 cm³/mol. The SMILES string of the molecule is CC(C)NC(=O)c1ccc2c(c1)NC(=O)/C(=C\c1ccccc1Cl)S2. The van der Waals surface area contributed by atoms with Gasteiger partial charge in [-0.15, -0.1) is 0 Å². The minimum absolute atomic E-state index is 0.0534. The first-order valence-corrected chi connectivity index (χ1v) is 9.04. The van der Waals surface area contributed by atoms with Crippen molar-refractivity contribution in [2.45, 2.75) is 24.8 Å². The zero-order valence-electron chi connectivity index (χ0n) is 13.8. The Balaban J connectivity index is 1.88. The van der Waals surface area contributed by atoms with E-state index in [0.29, 0.717) is 21.2 Å². The van der Waals surface area contributed by atoms with Gasteiger partial charge < -0.3 is 10.6 Å². The lowest BCUT2D eigenvalue weighted by atomic mass is 10.1. The number of carbonyl (C=O) groups is 2. The molecule has 1 aliphatic rings. The topological polar surface area (TPSA) is 58.2 Å². The third-order valence-corrected chi connectivity index (χ3v) is 4.99. The first-order valence-electron chi connectivity index (χ1n) is 7.84. The molecule has 1 heterocycles. The van der Waals surface area contributed by atoms with Gasteiger partial charge >= 0.3 is 0 Å². The van der Waals surface area contributed by atoms with Crippen LogP contribution in [0, 0.1) is 0 Å². The van der Waals surface area contributed by atoms with Crippen LogP contribution in [-0.4, -0.2) is 17.9 Å². The number of carbonyl (C=O) groups excluding carboxylic acids is 2. The summed E-state index contributed by atoms with van der Waals surface area (Å²) in [5, 5.41) is 6.28. The molecule has 0 atom stereocenters. The van der Waals surface area contributed by atoms with E-state index >= 15 is 0 Å². The Labute approximate surface area is 155 Å². The van der Waals surface area contributed by atoms with Crippen LogP contribution < -0.4 is 10.6 Å². The maximum Gasteiger partial charge on any atom is 0.262 e. The molecule has 128 valence electrons. The standard InChI is InChI=1S/C19H17ClN2O2S/c1-11(2)21-18(23)13-7-8-16-15(9-13)22-19(24)17(25-16)10-12-5-3-4-6-14(12)20/h3-11H,1-2H3,(H,21,23)(H,22,24)/b17-10+. The lowest BCUT2D eigenvalue weighted by Crippen LogP contribution is -2.30. The number of anilines is 1. The van der Waals surface area contributed by atoms with E-state index in [1.807, 2.05) is 38.1 Å². The van der Waals surface area contributed by atoms with E-state index in [4.69, 9.17) is 11.6 Å². The van der Waals surface area contributed by atoms with Gasteiger partial charge in [-0.2, -0.15) is 0 Å². The van der Waals surface area contributed by atoms with E-state index in [9.17, 15) is 9.59 Å². The number of thioether (sulfide) groups is 1. The molecule has 0 spiro atoms. The summed E-state index contributed by atoms with van der Waals surface area (Å²) in [6.07, 6.45) is 1.77. The Bertz CT molecular complexity index is 877. The second kappa shape index (κ2) is 7.33.